The molecule has 0 heterocycles. The van der Waals surface area contributed by atoms with Gasteiger partial charge in [-0.2, -0.15) is 0 Å². The summed E-state index contributed by atoms with van der Waals surface area (Å²) in [6.45, 7) is 16.0. The van der Waals surface area contributed by atoms with Crippen LogP contribution < -0.4 is 0 Å². The third-order valence-electron chi connectivity index (χ3n) is 14.0. The van der Waals surface area contributed by atoms with E-state index in [1.54, 1.807) is 9.79 Å². The van der Waals surface area contributed by atoms with Crippen molar-refractivity contribution in [3.8, 4) is 0 Å². The Kier molecular flexibility index (Phi) is 46.7. The van der Waals surface area contributed by atoms with Crippen LogP contribution in [0, 0.1) is 0 Å². The monoisotopic (exact) mass is 1040 g/mol. The third-order valence-corrected chi connectivity index (χ3v) is 16.2. The third kappa shape index (κ3) is 37.4. The van der Waals surface area contributed by atoms with Gasteiger partial charge < -0.3 is 5.53 Å². The topological polar surface area (TPSA) is 36.4 Å². The van der Waals surface area contributed by atoms with E-state index in [1.807, 2.05) is 0 Å². The smallest absolute Gasteiger partial charge is 0.303 e. The first-order valence-corrected chi connectivity index (χ1v) is 32.6. The van der Waals surface area contributed by atoms with Crippen LogP contribution in [0.15, 0.2) is 48.0 Å². The van der Waals surface area contributed by atoms with Crippen molar-refractivity contribution in [1.29, 1.82) is 0 Å². The fraction of sp³-hybridized carbons (Fsp3) is 0.758. The van der Waals surface area contributed by atoms with Crippen molar-refractivity contribution in [3.63, 3.8) is 0 Å². The molecule has 0 radical (unpaired) electrons. The summed E-state index contributed by atoms with van der Waals surface area (Å²) < 4.78 is 0. The first-order valence-electron chi connectivity index (χ1n) is 30.4. The Morgan fingerprint density at radius 1 is 0.377 bits per heavy atom. The van der Waals surface area contributed by atoms with E-state index in [4.69, 9.17) is 0 Å². The number of hydrogen-bond donors (Lipinski definition) is 0. The minimum atomic E-state index is 0.867. The summed E-state index contributed by atoms with van der Waals surface area (Å²) in [5, 5.41) is 0. The van der Waals surface area contributed by atoms with Crippen LogP contribution in [-0.2, 0) is 43.7 Å². The van der Waals surface area contributed by atoms with Gasteiger partial charge in [-0.3, -0.25) is 0 Å². The summed E-state index contributed by atoms with van der Waals surface area (Å²) in [4.78, 5) is 6.49. The molecule has 0 aliphatic rings. The van der Waals surface area contributed by atoms with Gasteiger partial charge in [0.2, 0.25) is 0 Å². The van der Waals surface area contributed by atoms with Gasteiger partial charge in [0.15, 0.2) is 0 Å². The molecule has 69 heavy (non-hydrogen) atoms. The Morgan fingerprint density at radius 2 is 0.652 bits per heavy atom. The zero-order valence-electron chi connectivity index (χ0n) is 47.2. The molecule has 2 aromatic carbocycles. The van der Waals surface area contributed by atoms with E-state index in [0.717, 1.165) is 68.5 Å². The Hall–Kier alpha value is -2.00. The molecule has 0 fully saturated rings. The molecule has 0 atom stereocenters. The van der Waals surface area contributed by atoms with Crippen molar-refractivity contribution < 1.29 is 22.8 Å². The zero-order chi connectivity index (χ0) is 50.1. The van der Waals surface area contributed by atoms with E-state index in [1.165, 1.54) is 257 Å². The summed E-state index contributed by atoms with van der Waals surface area (Å²) in [6.07, 6.45) is 56.8. The van der Waals surface area contributed by atoms with Gasteiger partial charge in [0.1, 0.15) is 0 Å². The number of hydrogen-bond acceptors (Lipinski definition) is 0. The average Bonchev–Trinajstić information content (AvgIpc) is 3.35. The van der Waals surface area contributed by atoms with Crippen molar-refractivity contribution >= 4 is 11.4 Å². The summed E-state index contributed by atoms with van der Waals surface area (Å²) in [5.74, 6) is 2.97. The molecule has 0 spiro atoms. The molecule has 0 saturated carbocycles. The quantitative estimate of drug-likeness (QED) is 0.0158. The number of aryl methyl sites for hydroxylation is 4. The first kappa shape index (κ1) is 65.0. The molecule has 0 bridgehead atoms. The van der Waals surface area contributed by atoms with Crippen LogP contribution in [-0.4, -0.2) is 10.7 Å². The Bertz CT molecular complexity index is 1490. The minimum Gasteiger partial charge on any atom is -0.348 e. The van der Waals surface area contributed by atoms with Crippen LogP contribution in [0.3, 0.4) is 0 Å². The summed E-state index contributed by atoms with van der Waals surface area (Å²) in [5.41, 5.74) is 20.4. The molecule has 3 heteroatoms. The van der Waals surface area contributed by atoms with E-state index in [2.05, 4.69) is 102 Å². The number of nitrogens with zero attached hydrogens (tertiary/aromatic N) is 2. The number of rotatable bonds is 46. The predicted molar refractivity (Wildman–Crippen MR) is 307 cm³/mol. The molecule has 0 unspecified atom stereocenters. The van der Waals surface area contributed by atoms with Gasteiger partial charge in [-0.25, -0.2) is 0 Å². The SMILES string of the molecule is CCCCCCCCC[CH2][Pd][CH2]CCCCCCCCC.CCCCCCCCc1cc(CCCCCCCC)cc(C(=CC(=C=[N+]=[N-])CCCC)c2cc(CCCCC)cc(CCCCC)c2)c1. The zero-order valence-corrected chi connectivity index (χ0v) is 48.7. The molecule has 0 aromatic heterocycles. The number of unbranched alkanes of at least 4 members (excludes halogenated alkanes) is 29. The first-order chi connectivity index (χ1) is 34.0. The van der Waals surface area contributed by atoms with E-state index in [-0.39, 0.29) is 0 Å². The molecule has 0 aliphatic heterocycles. The van der Waals surface area contributed by atoms with Crippen LogP contribution in [0.2, 0.25) is 9.79 Å². The molecule has 0 N–H and O–H groups in total. The number of allylic oxidation sites excluding steroid dienone is 2. The molecule has 0 amide bonds. The van der Waals surface area contributed by atoms with Gasteiger partial charge >= 0.3 is 150 Å². The normalized spacial score (nSPS) is 11.4. The molecule has 0 saturated heterocycles. The van der Waals surface area contributed by atoms with Gasteiger partial charge in [0.25, 0.3) is 0 Å². The van der Waals surface area contributed by atoms with E-state index >= 15 is 0 Å². The van der Waals surface area contributed by atoms with Crippen molar-refractivity contribution in [3.05, 3.63) is 87.0 Å². The largest absolute Gasteiger partial charge is 0.348 e. The molecule has 2 aromatic rings. The van der Waals surface area contributed by atoms with Gasteiger partial charge in [0, 0.05) is 0 Å². The van der Waals surface area contributed by atoms with Crippen molar-refractivity contribution in [2.75, 3.05) is 0 Å². The maximum absolute atomic E-state index is 9.62. The average molecular weight is 1040 g/mol. The van der Waals surface area contributed by atoms with Crippen molar-refractivity contribution in [1.82, 2.24) is 0 Å². The fourth-order valence-corrected chi connectivity index (χ4v) is 11.5. The predicted octanol–water partition coefficient (Wildman–Crippen LogP) is 22.6. The second-order valence-corrected chi connectivity index (χ2v) is 23.2. The van der Waals surface area contributed by atoms with Crippen LogP contribution >= 0.6 is 0 Å². The summed E-state index contributed by atoms with van der Waals surface area (Å²) in [7, 11) is 0. The minimum absolute atomic E-state index is 0.867. The van der Waals surface area contributed by atoms with E-state index in [9.17, 15) is 5.53 Å². The maximum atomic E-state index is 9.62. The van der Waals surface area contributed by atoms with Gasteiger partial charge in [0.05, 0.1) is 5.57 Å². The molecular weight excluding hydrogens is 927 g/mol. The summed E-state index contributed by atoms with van der Waals surface area (Å²) in [6, 6.07) is 14.9. The molecule has 2 rings (SSSR count). The van der Waals surface area contributed by atoms with E-state index in [0.29, 0.717) is 0 Å². The fourth-order valence-electron chi connectivity index (χ4n) is 9.55. The second kappa shape index (κ2) is 49.6. The van der Waals surface area contributed by atoms with Gasteiger partial charge in [-0.15, -0.1) is 4.79 Å². The molecule has 0 aliphatic carbocycles. The standard InChI is InChI=1S/C46H72N2.2C10H21.Pd/c1-6-11-16-18-20-24-29-41-32-42(30-25-21-19-17-12-7-2)36-45(35-41)46(37-43(38-48-47)26-15-10-5)44-33-39(27-22-13-8-3)31-40(34-44)28-23-14-9-4;2*1-3-5-7-9-10-8-6-4-2;/h31-37H,6-30H2,1-5H3;2*1,3-10H2,2H3;. The maximum Gasteiger partial charge on any atom is 0.303 e. The van der Waals surface area contributed by atoms with Crippen LogP contribution in [0.1, 0.15) is 319 Å². The van der Waals surface area contributed by atoms with Gasteiger partial charge in [-0.05, 0) is 109 Å². The Balaban J connectivity index is 0.000000949. The number of benzene rings is 2. The molecular formula is C66H114N2Pd. The van der Waals surface area contributed by atoms with Crippen LogP contribution in [0.4, 0.5) is 0 Å². The Morgan fingerprint density at radius 3 is 0.971 bits per heavy atom. The van der Waals surface area contributed by atoms with Crippen LogP contribution in [0.5, 0.6) is 0 Å². The summed E-state index contributed by atoms with van der Waals surface area (Å²) >= 11 is 1.07. The van der Waals surface area contributed by atoms with Crippen LogP contribution in [0.25, 0.3) is 11.1 Å². The van der Waals surface area contributed by atoms with Crippen molar-refractivity contribution in [2.45, 2.75) is 322 Å². The Labute approximate surface area is 440 Å². The molecule has 398 valence electrons. The van der Waals surface area contributed by atoms with Crippen molar-refractivity contribution in [2.24, 2.45) is 0 Å². The van der Waals surface area contributed by atoms with E-state index < -0.39 is 0 Å². The molecule has 2 nitrogen and oxygen atoms in total. The van der Waals surface area contributed by atoms with Gasteiger partial charge in [-0.1, -0.05) is 167 Å². The second-order valence-electron chi connectivity index (χ2n) is 20.8.